The summed E-state index contributed by atoms with van der Waals surface area (Å²) in [4.78, 5) is 26.4. The number of carboxylic acid groups (broad SMARTS) is 1. The van der Waals surface area contributed by atoms with Crippen LogP contribution < -0.4 is 0 Å². The molecule has 0 saturated heterocycles. The predicted molar refractivity (Wildman–Crippen MR) is 54.4 cm³/mol. The van der Waals surface area contributed by atoms with Gasteiger partial charge in [-0.2, -0.15) is 0 Å². The van der Waals surface area contributed by atoms with Crippen molar-refractivity contribution in [3.05, 3.63) is 15.6 Å². The van der Waals surface area contributed by atoms with Crippen LogP contribution in [0.2, 0.25) is 0 Å². The van der Waals surface area contributed by atoms with Crippen LogP contribution in [0.3, 0.4) is 0 Å². The fourth-order valence-corrected chi connectivity index (χ4v) is 1.93. The first-order chi connectivity index (χ1) is 7.10. The van der Waals surface area contributed by atoms with Gasteiger partial charge in [0.2, 0.25) is 5.01 Å². The molecule has 0 radical (unpaired) electrons. The third kappa shape index (κ3) is 2.53. The Kier molecular flexibility index (Phi) is 3.79. The molecule has 1 rings (SSSR count). The van der Waals surface area contributed by atoms with Crippen LogP contribution in [-0.4, -0.2) is 28.6 Å². The molecule has 0 aliphatic carbocycles. The first-order valence-electron chi connectivity index (χ1n) is 4.50. The van der Waals surface area contributed by atoms with Gasteiger partial charge >= 0.3 is 11.9 Å². The average Bonchev–Trinajstić information content (AvgIpc) is 2.61. The minimum Gasteiger partial charge on any atom is -0.476 e. The second-order valence-electron chi connectivity index (χ2n) is 2.67. The van der Waals surface area contributed by atoms with Crippen molar-refractivity contribution in [1.29, 1.82) is 0 Å². The van der Waals surface area contributed by atoms with Crippen LogP contribution in [0, 0.1) is 0 Å². The van der Waals surface area contributed by atoms with Crippen molar-refractivity contribution in [3.8, 4) is 0 Å². The van der Waals surface area contributed by atoms with Gasteiger partial charge in [-0.15, -0.1) is 11.3 Å². The molecular weight excluding hydrogens is 218 g/mol. The van der Waals surface area contributed by atoms with E-state index >= 15 is 0 Å². The van der Waals surface area contributed by atoms with Gasteiger partial charge in [0.25, 0.3) is 0 Å². The van der Waals surface area contributed by atoms with Crippen molar-refractivity contribution < 1.29 is 19.4 Å². The Hall–Kier alpha value is -1.43. The van der Waals surface area contributed by atoms with Crippen molar-refractivity contribution in [2.24, 2.45) is 0 Å². The molecule has 6 heteroatoms. The number of ether oxygens (including phenoxy) is 1. The maximum atomic E-state index is 11.3. The van der Waals surface area contributed by atoms with Gasteiger partial charge in [-0.1, -0.05) is 6.92 Å². The fourth-order valence-electron chi connectivity index (χ4n) is 1.04. The third-order valence-corrected chi connectivity index (χ3v) is 2.85. The Balaban J connectivity index is 3.02. The lowest BCUT2D eigenvalue weighted by Crippen LogP contribution is -2.05. The summed E-state index contributed by atoms with van der Waals surface area (Å²) in [6.45, 7) is 3.75. The number of carboxylic acids is 1. The molecule has 0 spiro atoms. The smallest absolute Gasteiger partial charge is 0.367 e. The molecule has 0 aliphatic rings. The number of thiazole rings is 1. The van der Waals surface area contributed by atoms with Crippen molar-refractivity contribution in [2.45, 2.75) is 20.3 Å². The Morgan fingerprint density at radius 3 is 2.53 bits per heavy atom. The fraction of sp³-hybridized carbons (Fsp3) is 0.444. The van der Waals surface area contributed by atoms with Crippen LogP contribution in [0.25, 0.3) is 0 Å². The van der Waals surface area contributed by atoms with E-state index in [1.807, 2.05) is 6.92 Å². The molecule has 0 bridgehead atoms. The zero-order valence-electron chi connectivity index (χ0n) is 8.44. The first kappa shape index (κ1) is 11.6. The quantitative estimate of drug-likeness (QED) is 0.793. The van der Waals surface area contributed by atoms with E-state index in [0.29, 0.717) is 11.3 Å². The molecule has 0 amide bonds. The van der Waals surface area contributed by atoms with Crippen molar-refractivity contribution in [2.75, 3.05) is 6.61 Å². The summed E-state index contributed by atoms with van der Waals surface area (Å²) < 4.78 is 4.74. The summed E-state index contributed by atoms with van der Waals surface area (Å²) in [7, 11) is 0. The number of hydrogen-bond acceptors (Lipinski definition) is 5. The zero-order chi connectivity index (χ0) is 11.4. The van der Waals surface area contributed by atoms with Crippen LogP contribution in [0.15, 0.2) is 0 Å². The van der Waals surface area contributed by atoms with Gasteiger partial charge in [0.05, 0.1) is 6.61 Å². The molecule has 0 unspecified atom stereocenters. The normalized spacial score (nSPS) is 10.0. The highest BCUT2D eigenvalue weighted by atomic mass is 32.1. The topological polar surface area (TPSA) is 76.5 Å². The van der Waals surface area contributed by atoms with E-state index in [1.165, 1.54) is 0 Å². The van der Waals surface area contributed by atoms with Gasteiger partial charge in [0.15, 0.2) is 5.69 Å². The third-order valence-electron chi connectivity index (χ3n) is 1.67. The maximum Gasteiger partial charge on any atom is 0.367 e. The second-order valence-corrected chi connectivity index (χ2v) is 3.75. The lowest BCUT2D eigenvalue weighted by molar-refractivity contribution is 0.0526. The predicted octanol–water partition coefficient (Wildman–Crippen LogP) is 1.58. The van der Waals surface area contributed by atoms with Crippen LogP contribution >= 0.6 is 11.3 Å². The van der Waals surface area contributed by atoms with Gasteiger partial charge in [-0.05, 0) is 13.3 Å². The van der Waals surface area contributed by atoms with Crippen molar-refractivity contribution >= 4 is 23.3 Å². The standard InChI is InChI=1S/C9H11NO4S/c1-3-5-6(8(11)12)10-7(15-5)9(13)14-4-2/h3-4H2,1-2H3,(H,11,12). The average molecular weight is 229 g/mol. The van der Waals surface area contributed by atoms with E-state index in [4.69, 9.17) is 9.84 Å². The van der Waals surface area contributed by atoms with Gasteiger partial charge in [-0.25, -0.2) is 14.6 Å². The van der Waals surface area contributed by atoms with Crippen LogP contribution in [0.5, 0.6) is 0 Å². The molecule has 1 N–H and O–H groups in total. The summed E-state index contributed by atoms with van der Waals surface area (Å²) in [6, 6.07) is 0. The summed E-state index contributed by atoms with van der Waals surface area (Å²) in [5.74, 6) is -1.68. The highest BCUT2D eigenvalue weighted by molar-refractivity contribution is 7.13. The number of carbonyl (C=O) groups excluding carboxylic acids is 1. The summed E-state index contributed by atoms with van der Waals surface area (Å²) >= 11 is 1.07. The SMILES string of the molecule is CCOC(=O)c1nc(C(=O)O)c(CC)s1. The van der Waals surface area contributed by atoms with Gasteiger partial charge < -0.3 is 9.84 Å². The molecule has 1 aromatic heterocycles. The van der Waals surface area contributed by atoms with E-state index in [9.17, 15) is 9.59 Å². The Morgan fingerprint density at radius 2 is 2.13 bits per heavy atom. The van der Waals surface area contributed by atoms with Crippen molar-refractivity contribution in [1.82, 2.24) is 4.98 Å². The Morgan fingerprint density at radius 1 is 1.47 bits per heavy atom. The summed E-state index contributed by atoms with van der Waals surface area (Å²) in [6.07, 6.45) is 0.540. The van der Waals surface area contributed by atoms with E-state index in [0.717, 1.165) is 11.3 Å². The Labute approximate surface area is 90.7 Å². The van der Waals surface area contributed by atoms with E-state index in [1.54, 1.807) is 6.92 Å². The van der Waals surface area contributed by atoms with E-state index in [2.05, 4.69) is 4.98 Å². The molecule has 0 aromatic carbocycles. The molecule has 5 nitrogen and oxygen atoms in total. The van der Waals surface area contributed by atoms with Crippen molar-refractivity contribution in [3.63, 3.8) is 0 Å². The number of rotatable bonds is 4. The molecule has 0 aliphatic heterocycles. The largest absolute Gasteiger partial charge is 0.476 e. The zero-order valence-corrected chi connectivity index (χ0v) is 9.26. The highest BCUT2D eigenvalue weighted by Crippen LogP contribution is 2.20. The summed E-state index contributed by atoms with van der Waals surface area (Å²) in [5, 5.41) is 8.92. The molecular formula is C9H11NO4S. The molecule has 0 saturated carbocycles. The molecule has 1 heterocycles. The Bertz CT molecular complexity index is 385. The number of carbonyl (C=O) groups is 2. The first-order valence-corrected chi connectivity index (χ1v) is 5.31. The van der Waals surface area contributed by atoms with E-state index < -0.39 is 11.9 Å². The number of aryl methyl sites for hydroxylation is 1. The highest BCUT2D eigenvalue weighted by Gasteiger charge is 2.20. The van der Waals surface area contributed by atoms with Crippen LogP contribution in [0.1, 0.15) is 39.0 Å². The monoisotopic (exact) mass is 229 g/mol. The lowest BCUT2D eigenvalue weighted by atomic mass is 10.3. The van der Waals surface area contributed by atoms with E-state index in [-0.39, 0.29) is 17.3 Å². The number of aromatic nitrogens is 1. The number of nitrogens with zero attached hydrogens (tertiary/aromatic N) is 1. The van der Waals surface area contributed by atoms with Crippen LogP contribution in [-0.2, 0) is 11.2 Å². The molecule has 1 aromatic rings. The maximum absolute atomic E-state index is 11.3. The minimum atomic E-state index is -1.11. The van der Waals surface area contributed by atoms with Gasteiger partial charge in [0, 0.05) is 4.88 Å². The van der Waals surface area contributed by atoms with Crippen LogP contribution in [0.4, 0.5) is 0 Å². The second kappa shape index (κ2) is 4.88. The summed E-state index contributed by atoms with van der Waals surface area (Å²) in [5.41, 5.74) is -0.0504. The number of aromatic carboxylic acids is 1. The molecule has 0 atom stereocenters. The molecule has 0 fully saturated rings. The molecule has 82 valence electrons. The number of hydrogen-bond donors (Lipinski definition) is 1. The lowest BCUT2D eigenvalue weighted by Gasteiger charge is -1.95. The minimum absolute atomic E-state index is 0.0504. The molecule has 15 heavy (non-hydrogen) atoms. The number of esters is 1. The van der Waals surface area contributed by atoms with Gasteiger partial charge in [0.1, 0.15) is 0 Å². The van der Waals surface area contributed by atoms with Gasteiger partial charge in [-0.3, -0.25) is 0 Å².